The van der Waals surface area contributed by atoms with Crippen molar-refractivity contribution in [3.8, 4) is 5.88 Å². The number of nitrogens with one attached hydrogen (secondary N) is 1. The van der Waals surface area contributed by atoms with Crippen LogP contribution in [0.3, 0.4) is 0 Å². The fourth-order valence-electron chi connectivity index (χ4n) is 1.48. The maximum absolute atomic E-state index is 6.15. The molecule has 19 heavy (non-hydrogen) atoms. The molecule has 0 spiro atoms. The van der Waals surface area contributed by atoms with Crippen molar-refractivity contribution in [2.75, 3.05) is 6.54 Å². The zero-order valence-electron chi connectivity index (χ0n) is 12.5. The predicted molar refractivity (Wildman–Crippen MR) is 80.7 cm³/mol. The summed E-state index contributed by atoms with van der Waals surface area (Å²) in [5.41, 5.74) is 1.03. The van der Waals surface area contributed by atoms with Gasteiger partial charge in [-0.3, -0.25) is 0 Å². The normalized spacial score (nSPS) is 13.1. The molecule has 3 nitrogen and oxygen atoms in total. The standard InChI is InChI=1S/C15H25ClN2O/c1-10(2)7-17-8-13-6-15(18-9-14(13)16)19-12(5)11(3)4/h6,9-12,17H,7-8H2,1-5H3. The van der Waals surface area contributed by atoms with E-state index in [-0.39, 0.29) is 6.10 Å². The number of hydrogen-bond acceptors (Lipinski definition) is 3. The number of rotatable bonds is 7. The largest absolute Gasteiger partial charge is 0.474 e. The lowest BCUT2D eigenvalue weighted by Crippen LogP contribution is -2.21. The molecule has 108 valence electrons. The van der Waals surface area contributed by atoms with Crippen LogP contribution >= 0.6 is 11.6 Å². The van der Waals surface area contributed by atoms with Crippen molar-refractivity contribution in [3.63, 3.8) is 0 Å². The molecule has 1 atom stereocenters. The second-order valence-corrected chi connectivity index (χ2v) is 6.11. The average Bonchev–Trinajstić information content (AvgIpc) is 2.32. The molecule has 0 aliphatic carbocycles. The highest BCUT2D eigenvalue weighted by Gasteiger charge is 2.11. The monoisotopic (exact) mass is 284 g/mol. The van der Waals surface area contributed by atoms with E-state index in [1.54, 1.807) is 6.20 Å². The maximum atomic E-state index is 6.15. The molecule has 1 aromatic heterocycles. The number of halogens is 1. The first-order valence-electron chi connectivity index (χ1n) is 6.92. The zero-order chi connectivity index (χ0) is 14.4. The summed E-state index contributed by atoms with van der Waals surface area (Å²) in [7, 11) is 0. The molecule has 1 unspecified atom stereocenters. The third-order valence-electron chi connectivity index (χ3n) is 3.02. The van der Waals surface area contributed by atoms with Crippen LogP contribution < -0.4 is 10.1 Å². The van der Waals surface area contributed by atoms with Gasteiger partial charge in [0.1, 0.15) is 0 Å². The van der Waals surface area contributed by atoms with E-state index in [0.717, 1.165) is 18.7 Å². The molecule has 0 aliphatic heterocycles. The maximum Gasteiger partial charge on any atom is 0.213 e. The molecule has 1 N–H and O–H groups in total. The van der Waals surface area contributed by atoms with Gasteiger partial charge in [0.05, 0.1) is 11.1 Å². The number of ether oxygens (including phenoxy) is 1. The summed E-state index contributed by atoms with van der Waals surface area (Å²) < 4.78 is 5.80. The quantitative estimate of drug-likeness (QED) is 0.824. The number of hydrogen-bond donors (Lipinski definition) is 1. The van der Waals surface area contributed by atoms with E-state index >= 15 is 0 Å². The minimum absolute atomic E-state index is 0.144. The Labute approximate surface area is 121 Å². The first-order chi connectivity index (χ1) is 8.90. The van der Waals surface area contributed by atoms with Crippen molar-refractivity contribution in [2.45, 2.75) is 47.3 Å². The molecule has 0 bridgehead atoms. The van der Waals surface area contributed by atoms with Gasteiger partial charge in [0.25, 0.3) is 0 Å². The van der Waals surface area contributed by atoms with Gasteiger partial charge in [-0.1, -0.05) is 39.3 Å². The van der Waals surface area contributed by atoms with Crippen LogP contribution in [0.25, 0.3) is 0 Å². The van der Waals surface area contributed by atoms with Crippen molar-refractivity contribution in [2.24, 2.45) is 11.8 Å². The molecule has 0 saturated heterocycles. The predicted octanol–water partition coefficient (Wildman–Crippen LogP) is 3.90. The summed E-state index contributed by atoms with van der Waals surface area (Å²) in [6.07, 6.45) is 1.81. The van der Waals surface area contributed by atoms with Gasteiger partial charge >= 0.3 is 0 Å². The third kappa shape index (κ3) is 5.79. The molecule has 0 saturated carbocycles. The molecule has 0 fully saturated rings. The van der Waals surface area contributed by atoms with Gasteiger partial charge in [-0.15, -0.1) is 0 Å². The fraction of sp³-hybridized carbons (Fsp3) is 0.667. The van der Waals surface area contributed by atoms with E-state index in [0.29, 0.717) is 22.7 Å². The summed E-state index contributed by atoms with van der Waals surface area (Å²) in [5, 5.41) is 4.06. The topological polar surface area (TPSA) is 34.1 Å². The summed E-state index contributed by atoms with van der Waals surface area (Å²) in [6, 6.07) is 1.93. The van der Waals surface area contributed by atoms with Crippen LogP contribution in [0.5, 0.6) is 5.88 Å². The summed E-state index contributed by atoms with van der Waals surface area (Å²) in [5.74, 6) is 1.73. The Morgan fingerprint density at radius 2 is 1.95 bits per heavy atom. The van der Waals surface area contributed by atoms with Crippen LogP contribution in [0.2, 0.25) is 5.02 Å². The molecule has 4 heteroatoms. The summed E-state index contributed by atoms with van der Waals surface area (Å²) in [4.78, 5) is 4.22. The van der Waals surface area contributed by atoms with Crippen LogP contribution in [0, 0.1) is 11.8 Å². The number of nitrogens with zero attached hydrogens (tertiary/aromatic N) is 1. The smallest absolute Gasteiger partial charge is 0.213 e. The van der Waals surface area contributed by atoms with Crippen molar-refractivity contribution >= 4 is 11.6 Å². The van der Waals surface area contributed by atoms with Gasteiger partial charge in [0.2, 0.25) is 5.88 Å². The highest BCUT2D eigenvalue weighted by molar-refractivity contribution is 6.31. The van der Waals surface area contributed by atoms with Crippen LogP contribution in [-0.4, -0.2) is 17.6 Å². The Bertz CT molecular complexity index is 394. The van der Waals surface area contributed by atoms with Gasteiger partial charge in [0, 0.05) is 18.8 Å². The number of pyridine rings is 1. The van der Waals surface area contributed by atoms with E-state index < -0.39 is 0 Å². The lowest BCUT2D eigenvalue weighted by atomic mass is 10.1. The van der Waals surface area contributed by atoms with Crippen LogP contribution in [0.4, 0.5) is 0 Å². The highest BCUT2D eigenvalue weighted by Crippen LogP contribution is 2.21. The van der Waals surface area contributed by atoms with Gasteiger partial charge in [0.15, 0.2) is 0 Å². The average molecular weight is 285 g/mol. The second-order valence-electron chi connectivity index (χ2n) is 5.71. The first kappa shape index (κ1) is 16.3. The minimum atomic E-state index is 0.144. The van der Waals surface area contributed by atoms with Crippen LogP contribution in [0.1, 0.15) is 40.2 Å². The van der Waals surface area contributed by atoms with Crippen molar-refractivity contribution < 1.29 is 4.74 Å². The van der Waals surface area contributed by atoms with Crippen molar-refractivity contribution in [1.29, 1.82) is 0 Å². The van der Waals surface area contributed by atoms with E-state index in [1.165, 1.54) is 0 Å². The lowest BCUT2D eigenvalue weighted by Gasteiger charge is -2.18. The third-order valence-corrected chi connectivity index (χ3v) is 3.36. The molecular weight excluding hydrogens is 260 g/mol. The Hall–Kier alpha value is -0.800. The fourth-order valence-corrected chi connectivity index (χ4v) is 1.65. The van der Waals surface area contributed by atoms with E-state index in [9.17, 15) is 0 Å². The molecule has 1 rings (SSSR count). The molecule has 1 heterocycles. The van der Waals surface area contributed by atoms with Crippen molar-refractivity contribution in [1.82, 2.24) is 10.3 Å². The van der Waals surface area contributed by atoms with Crippen LogP contribution in [0.15, 0.2) is 12.3 Å². The second kappa shape index (κ2) is 7.71. The van der Waals surface area contributed by atoms with Gasteiger partial charge < -0.3 is 10.1 Å². The summed E-state index contributed by atoms with van der Waals surface area (Å²) >= 11 is 6.15. The Balaban J connectivity index is 2.65. The van der Waals surface area contributed by atoms with Crippen molar-refractivity contribution in [3.05, 3.63) is 22.8 Å². The van der Waals surface area contributed by atoms with Crippen LogP contribution in [-0.2, 0) is 6.54 Å². The summed E-state index contributed by atoms with van der Waals surface area (Å²) in [6.45, 7) is 12.4. The Kier molecular flexibility index (Phi) is 6.59. The Morgan fingerprint density at radius 3 is 2.53 bits per heavy atom. The van der Waals surface area contributed by atoms with Gasteiger partial charge in [-0.05, 0) is 30.9 Å². The first-order valence-corrected chi connectivity index (χ1v) is 7.29. The van der Waals surface area contributed by atoms with Gasteiger partial charge in [-0.2, -0.15) is 0 Å². The lowest BCUT2D eigenvalue weighted by molar-refractivity contribution is 0.163. The SMILES string of the molecule is CC(C)CNCc1cc(OC(C)C(C)C)ncc1Cl. The Morgan fingerprint density at radius 1 is 1.26 bits per heavy atom. The van der Waals surface area contributed by atoms with Gasteiger partial charge in [-0.25, -0.2) is 4.98 Å². The van der Waals surface area contributed by atoms with E-state index in [4.69, 9.17) is 16.3 Å². The van der Waals surface area contributed by atoms with E-state index in [1.807, 2.05) is 6.07 Å². The molecule has 0 aliphatic rings. The molecule has 0 amide bonds. The number of aromatic nitrogens is 1. The molecule has 1 aromatic rings. The zero-order valence-corrected chi connectivity index (χ0v) is 13.3. The molecule has 0 radical (unpaired) electrons. The highest BCUT2D eigenvalue weighted by atomic mass is 35.5. The van der Waals surface area contributed by atoms with E-state index in [2.05, 4.69) is 44.9 Å². The minimum Gasteiger partial charge on any atom is -0.474 e. The molecular formula is C15H25ClN2O. The molecule has 0 aromatic carbocycles.